The summed E-state index contributed by atoms with van der Waals surface area (Å²) in [5.41, 5.74) is 3.56. The SMILES string of the molecule is Brc1ccc(-c2cn3nc(-c4cnn(-c5ccc(Br)cc5)n4)sc3n2)cc1. The van der Waals surface area contributed by atoms with Crippen molar-refractivity contribution in [3.63, 3.8) is 0 Å². The maximum atomic E-state index is 4.68. The normalized spacial score (nSPS) is 11.3. The molecule has 0 radical (unpaired) electrons. The summed E-state index contributed by atoms with van der Waals surface area (Å²) in [5, 5.41) is 14.3. The summed E-state index contributed by atoms with van der Waals surface area (Å²) in [5.74, 6) is 0. The molecule has 0 saturated carbocycles. The molecule has 0 fully saturated rings. The van der Waals surface area contributed by atoms with E-state index in [2.05, 4.69) is 52.1 Å². The predicted octanol–water partition coefficient (Wildman–Crippen LogP) is 5.23. The Morgan fingerprint density at radius 2 is 1.52 bits per heavy atom. The molecule has 0 unspecified atom stereocenters. The fraction of sp³-hybridized carbons (Fsp3) is 0. The average Bonchev–Trinajstić information content (AvgIpc) is 3.37. The van der Waals surface area contributed by atoms with Crippen LogP contribution in [0.5, 0.6) is 0 Å². The Bertz CT molecular complexity index is 1210. The summed E-state index contributed by atoms with van der Waals surface area (Å²) in [6.45, 7) is 0. The largest absolute Gasteiger partial charge is 0.217 e. The highest BCUT2D eigenvalue weighted by Crippen LogP contribution is 2.27. The lowest BCUT2D eigenvalue weighted by atomic mass is 10.2. The lowest BCUT2D eigenvalue weighted by Crippen LogP contribution is -1.98. The zero-order chi connectivity index (χ0) is 18.4. The number of aromatic nitrogens is 6. The van der Waals surface area contributed by atoms with E-state index in [9.17, 15) is 0 Å². The summed E-state index contributed by atoms with van der Waals surface area (Å²) < 4.78 is 3.85. The number of halogens is 2. The van der Waals surface area contributed by atoms with Crippen molar-refractivity contribution in [3.05, 3.63) is 69.9 Å². The molecule has 132 valence electrons. The Balaban J connectivity index is 1.46. The summed E-state index contributed by atoms with van der Waals surface area (Å²) >= 11 is 8.37. The second-order valence-electron chi connectivity index (χ2n) is 5.76. The van der Waals surface area contributed by atoms with Crippen LogP contribution in [-0.2, 0) is 0 Å². The van der Waals surface area contributed by atoms with Gasteiger partial charge in [0.1, 0.15) is 5.69 Å². The number of imidazole rings is 1. The second-order valence-corrected chi connectivity index (χ2v) is 8.55. The van der Waals surface area contributed by atoms with Crippen molar-refractivity contribution in [2.24, 2.45) is 0 Å². The maximum Gasteiger partial charge on any atom is 0.213 e. The molecule has 27 heavy (non-hydrogen) atoms. The molecule has 0 bridgehead atoms. The predicted molar refractivity (Wildman–Crippen MR) is 112 cm³/mol. The molecule has 0 amide bonds. The van der Waals surface area contributed by atoms with Crippen molar-refractivity contribution in [2.75, 3.05) is 0 Å². The number of nitrogens with zero attached hydrogens (tertiary/aromatic N) is 6. The van der Waals surface area contributed by atoms with Crippen LogP contribution in [0.25, 0.3) is 32.6 Å². The number of fused-ring (bicyclic) bond motifs is 1. The topological polar surface area (TPSA) is 60.9 Å². The van der Waals surface area contributed by atoms with Gasteiger partial charge in [-0.2, -0.15) is 15.0 Å². The highest BCUT2D eigenvalue weighted by atomic mass is 79.9. The summed E-state index contributed by atoms with van der Waals surface area (Å²) in [7, 11) is 0. The van der Waals surface area contributed by atoms with Crippen LogP contribution in [0.4, 0.5) is 0 Å². The van der Waals surface area contributed by atoms with Gasteiger partial charge in [0.2, 0.25) is 4.96 Å². The molecule has 6 nitrogen and oxygen atoms in total. The van der Waals surface area contributed by atoms with E-state index in [0.717, 1.165) is 41.6 Å². The van der Waals surface area contributed by atoms with Crippen molar-refractivity contribution in [2.45, 2.75) is 0 Å². The van der Waals surface area contributed by atoms with E-state index in [-0.39, 0.29) is 0 Å². The van der Waals surface area contributed by atoms with E-state index in [1.165, 1.54) is 11.3 Å². The zero-order valence-corrected chi connectivity index (χ0v) is 17.6. The quantitative estimate of drug-likeness (QED) is 0.339. The number of hydrogen-bond acceptors (Lipinski definition) is 5. The molecule has 2 aromatic carbocycles. The van der Waals surface area contributed by atoms with Gasteiger partial charge in [-0.25, -0.2) is 9.50 Å². The third-order valence-corrected chi connectivity index (χ3v) is 5.95. The first-order valence-electron chi connectivity index (χ1n) is 7.96. The molecule has 9 heteroatoms. The number of rotatable bonds is 3. The van der Waals surface area contributed by atoms with E-state index >= 15 is 0 Å². The molecule has 5 rings (SSSR count). The highest BCUT2D eigenvalue weighted by Gasteiger charge is 2.14. The molecule has 3 heterocycles. The van der Waals surface area contributed by atoms with Crippen LogP contribution in [0.3, 0.4) is 0 Å². The van der Waals surface area contributed by atoms with Gasteiger partial charge in [0.25, 0.3) is 0 Å². The van der Waals surface area contributed by atoms with Crippen LogP contribution in [0, 0.1) is 0 Å². The van der Waals surface area contributed by atoms with Crippen molar-refractivity contribution < 1.29 is 0 Å². The van der Waals surface area contributed by atoms with Crippen molar-refractivity contribution >= 4 is 48.2 Å². The number of benzene rings is 2. The van der Waals surface area contributed by atoms with Gasteiger partial charge in [-0.15, -0.1) is 5.10 Å². The zero-order valence-electron chi connectivity index (χ0n) is 13.6. The Kier molecular flexibility index (Phi) is 4.14. The second kappa shape index (κ2) is 6.66. The van der Waals surface area contributed by atoms with E-state index in [1.54, 1.807) is 15.5 Å². The van der Waals surface area contributed by atoms with E-state index in [4.69, 9.17) is 0 Å². The van der Waals surface area contributed by atoms with Gasteiger partial charge in [-0.1, -0.05) is 55.3 Å². The fourth-order valence-corrected chi connectivity index (χ4v) is 3.98. The maximum absolute atomic E-state index is 4.68. The molecular formula is C18H10Br2N6S. The van der Waals surface area contributed by atoms with Gasteiger partial charge in [0.05, 0.1) is 23.8 Å². The van der Waals surface area contributed by atoms with Crippen LogP contribution in [0.15, 0.2) is 69.9 Å². The molecular weight excluding hydrogens is 492 g/mol. The third-order valence-electron chi connectivity index (χ3n) is 3.95. The Hall–Kier alpha value is -2.36. The molecule has 0 aliphatic carbocycles. The van der Waals surface area contributed by atoms with Gasteiger partial charge in [0.15, 0.2) is 5.01 Å². The van der Waals surface area contributed by atoms with E-state index < -0.39 is 0 Å². The lowest BCUT2D eigenvalue weighted by molar-refractivity contribution is 0.753. The smallest absolute Gasteiger partial charge is 0.213 e. The van der Waals surface area contributed by atoms with Crippen molar-refractivity contribution in [3.8, 4) is 27.6 Å². The molecule has 0 N–H and O–H groups in total. The molecule has 3 aromatic heterocycles. The molecule has 0 spiro atoms. The van der Waals surface area contributed by atoms with Gasteiger partial charge in [-0.05, 0) is 36.4 Å². The molecule has 0 aliphatic heterocycles. The van der Waals surface area contributed by atoms with E-state index in [1.807, 2.05) is 54.7 Å². The minimum absolute atomic E-state index is 0.721. The minimum atomic E-state index is 0.721. The van der Waals surface area contributed by atoms with Gasteiger partial charge >= 0.3 is 0 Å². The van der Waals surface area contributed by atoms with E-state index in [0.29, 0.717) is 0 Å². The van der Waals surface area contributed by atoms with Crippen LogP contribution >= 0.6 is 43.2 Å². The minimum Gasteiger partial charge on any atom is -0.217 e. The van der Waals surface area contributed by atoms with Gasteiger partial charge < -0.3 is 0 Å². The summed E-state index contributed by atoms with van der Waals surface area (Å²) in [6, 6.07) is 15.9. The van der Waals surface area contributed by atoms with Crippen LogP contribution in [0.2, 0.25) is 0 Å². The Morgan fingerprint density at radius 3 is 2.22 bits per heavy atom. The summed E-state index contributed by atoms with van der Waals surface area (Å²) in [6.07, 6.45) is 3.65. The Labute approximate surface area is 174 Å². The van der Waals surface area contributed by atoms with Gasteiger partial charge in [0, 0.05) is 14.5 Å². The molecule has 0 atom stereocenters. The number of hydrogen-bond donors (Lipinski definition) is 0. The molecule has 5 aromatic rings. The van der Waals surface area contributed by atoms with Crippen molar-refractivity contribution in [1.29, 1.82) is 0 Å². The first-order valence-corrected chi connectivity index (χ1v) is 10.4. The highest BCUT2D eigenvalue weighted by molar-refractivity contribution is 9.10. The summed E-state index contributed by atoms with van der Waals surface area (Å²) in [4.78, 5) is 7.09. The third kappa shape index (κ3) is 3.22. The van der Waals surface area contributed by atoms with Crippen molar-refractivity contribution in [1.82, 2.24) is 29.6 Å². The first-order chi connectivity index (χ1) is 13.2. The average molecular weight is 502 g/mol. The lowest BCUT2D eigenvalue weighted by Gasteiger charge is -1.98. The molecule has 0 aliphatic rings. The fourth-order valence-electron chi connectivity index (χ4n) is 2.62. The van der Waals surface area contributed by atoms with Crippen LogP contribution in [-0.4, -0.2) is 29.6 Å². The standard InChI is InChI=1S/C18H10Br2N6S/c19-12-3-1-11(2-4-12)16-10-25-18(22-16)27-17(24-25)15-9-21-26(23-15)14-7-5-13(20)6-8-14/h1-10H. The Morgan fingerprint density at radius 1 is 0.815 bits per heavy atom. The van der Waals surface area contributed by atoms with Crippen LogP contribution < -0.4 is 0 Å². The van der Waals surface area contributed by atoms with Crippen LogP contribution in [0.1, 0.15) is 0 Å². The van der Waals surface area contributed by atoms with Gasteiger partial charge in [-0.3, -0.25) is 0 Å². The first kappa shape index (κ1) is 16.8. The monoisotopic (exact) mass is 500 g/mol. The molecule has 0 saturated heterocycles.